The summed E-state index contributed by atoms with van der Waals surface area (Å²) in [5.41, 5.74) is 4.69. The quantitative estimate of drug-likeness (QED) is 0.849. The second-order valence-corrected chi connectivity index (χ2v) is 3.86. The van der Waals surface area contributed by atoms with Crippen LogP contribution < -0.4 is 5.73 Å². The molecule has 0 amide bonds. The van der Waals surface area contributed by atoms with Crippen LogP contribution in [0.4, 0.5) is 19.0 Å². The van der Waals surface area contributed by atoms with Crippen LogP contribution in [0, 0.1) is 0 Å². The first-order valence-corrected chi connectivity index (χ1v) is 5.31. The van der Waals surface area contributed by atoms with Crippen LogP contribution in [-0.4, -0.2) is 11.3 Å². The average Bonchev–Trinajstić information content (AvgIpc) is 2.37. The fraction of sp³-hybridized carbons (Fsp3) is 0.0769. The van der Waals surface area contributed by atoms with Crippen molar-refractivity contribution in [2.75, 3.05) is 5.73 Å². The van der Waals surface area contributed by atoms with Gasteiger partial charge in [-0.1, -0.05) is 18.2 Å². The minimum Gasteiger partial charge on any atom is -0.384 e. The van der Waals surface area contributed by atoms with E-state index in [2.05, 4.69) is 4.98 Å². The molecule has 1 heterocycles. The number of rotatable bonds is 2. The van der Waals surface area contributed by atoms with Crippen molar-refractivity contribution in [3.8, 4) is 11.1 Å². The van der Waals surface area contributed by atoms with Crippen LogP contribution in [0.15, 0.2) is 36.5 Å². The molecule has 0 aliphatic carbocycles. The van der Waals surface area contributed by atoms with Crippen molar-refractivity contribution in [1.29, 1.82) is 0 Å². The number of hydrogen-bond acceptors (Lipinski definition) is 3. The van der Waals surface area contributed by atoms with Gasteiger partial charge in [0.2, 0.25) is 0 Å². The molecule has 0 spiro atoms. The van der Waals surface area contributed by atoms with Gasteiger partial charge < -0.3 is 5.73 Å². The molecule has 1 aromatic heterocycles. The van der Waals surface area contributed by atoms with E-state index in [1.54, 1.807) is 0 Å². The van der Waals surface area contributed by atoms with Crippen molar-refractivity contribution < 1.29 is 18.0 Å². The third-order valence-corrected chi connectivity index (χ3v) is 2.61. The lowest BCUT2D eigenvalue weighted by Crippen LogP contribution is -2.08. The predicted octanol–water partition coefficient (Wildman–Crippen LogP) is 3.16. The van der Waals surface area contributed by atoms with Crippen molar-refractivity contribution in [1.82, 2.24) is 4.98 Å². The van der Waals surface area contributed by atoms with Crippen LogP contribution in [0.2, 0.25) is 0 Å². The Hall–Kier alpha value is -2.37. The summed E-state index contributed by atoms with van der Waals surface area (Å²) in [7, 11) is 0. The molecule has 98 valence electrons. The van der Waals surface area contributed by atoms with E-state index >= 15 is 0 Å². The number of aldehydes is 1. The lowest BCUT2D eigenvalue weighted by Gasteiger charge is -2.13. The zero-order valence-electron chi connectivity index (χ0n) is 9.61. The van der Waals surface area contributed by atoms with Gasteiger partial charge in [-0.05, 0) is 17.7 Å². The number of nitrogens with zero attached hydrogens (tertiary/aromatic N) is 1. The van der Waals surface area contributed by atoms with Crippen molar-refractivity contribution in [3.05, 3.63) is 47.7 Å². The van der Waals surface area contributed by atoms with Crippen molar-refractivity contribution in [2.45, 2.75) is 6.18 Å². The van der Waals surface area contributed by atoms with Crippen molar-refractivity contribution >= 4 is 12.1 Å². The number of nitrogen functional groups attached to an aromatic ring is 1. The summed E-state index contributed by atoms with van der Waals surface area (Å²) in [6.45, 7) is 0. The number of aromatic nitrogens is 1. The number of carbonyl (C=O) groups is 1. The number of alkyl halides is 3. The van der Waals surface area contributed by atoms with Gasteiger partial charge in [0.15, 0.2) is 6.29 Å². The Labute approximate surface area is 106 Å². The minimum atomic E-state index is -4.50. The van der Waals surface area contributed by atoms with Crippen LogP contribution in [0.3, 0.4) is 0 Å². The molecule has 0 atom stereocenters. The molecule has 0 fully saturated rings. The first-order chi connectivity index (χ1) is 8.93. The first-order valence-electron chi connectivity index (χ1n) is 5.31. The summed E-state index contributed by atoms with van der Waals surface area (Å²) in [5, 5.41) is 0. The molecule has 2 N–H and O–H groups in total. The van der Waals surface area contributed by atoms with Gasteiger partial charge in [0.05, 0.1) is 5.56 Å². The van der Waals surface area contributed by atoms with Crippen LogP contribution in [-0.2, 0) is 6.18 Å². The van der Waals surface area contributed by atoms with Crippen molar-refractivity contribution in [3.63, 3.8) is 0 Å². The highest BCUT2D eigenvalue weighted by molar-refractivity contribution is 5.89. The topological polar surface area (TPSA) is 56.0 Å². The molecular weight excluding hydrogens is 257 g/mol. The Kier molecular flexibility index (Phi) is 3.25. The predicted molar refractivity (Wildman–Crippen MR) is 64.5 cm³/mol. The molecule has 0 aliphatic heterocycles. The third-order valence-electron chi connectivity index (χ3n) is 2.61. The molecule has 0 saturated carbocycles. The number of hydrogen-bond donors (Lipinski definition) is 1. The average molecular weight is 266 g/mol. The van der Waals surface area contributed by atoms with E-state index in [1.165, 1.54) is 30.5 Å². The number of halogens is 3. The Morgan fingerprint density at radius 1 is 1.16 bits per heavy atom. The number of benzene rings is 1. The molecule has 1 aromatic carbocycles. The summed E-state index contributed by atoms with van der Waals surface area (Å²) in [4.78, 5) is 14.7. The maximum atomic E-state index is 12.9. The molecule has 0 bridgehead atoms. The Balaban J connectivity index is 2.69. The summed E-state index contributed by atoms with van der Waals surface area (Å²) in [6, 6.07) is 6.26. The van der Waals surface area contributed by atoms with Crippen LogP contribution in [0.25, 0.3) is 11.1 Å². The van der Waals surface area contributed by atoms with Gasteiger partial charge in [0.1, 0.15) is 5.82 Å². The normalized spacial score (nSPS) is 11.3. The number of pyridine rings is 1. The second-order valence-electron chi connectivity index (χ2n) is 3.86. The Morgan fingerprint density at radius 3 is 2.47 bits per heavy atom. The monoisotopic (exact) mass is 266 g/mol. The van der Waals surface area contributed by atoms with Gasteiger partial charge >= 0.3 is 6.18 Å². The zero-order chi connectivity index (χ0) is 14.0. The molecule has 2 aromatic rings. The standard InChI is InChI=1S/C13H9F3N2O/c14-13(15,16)11-4-2-1-3-9(11)10-6-18-12(17)5-8(10)7-19/h1-7H,(H2,17,18). The van der Waals surface area contributed by atoms with Gasteiger partial charge in [0, 0.05) is 17.3 Å². The summed E-state index contributed by atoms with van der Waals surface area (Å²) in [6.07, 6.45) is -2.87. The van der Waals surface area contributed by atoms with Gasteiger partial charge in [-0.25, -0.2) is 4.98 Å². The molecule has 0 saturated heterocycles. The fourth-order valence-electron chi connectivity index (χ4n) is 1.78. The lowest BCUT2D eigenvalue weighted by molar-refractivity contribution is -0.137. The molecular formula is C13H9F3N2O. The highest BCUT2D eigenvalue weighted by atomic mass is 19.4. The van der Waals surface area contributed by atoms with Gasteiger partial charge in [0.25, 0.3) is 0 Å². The Morgan fingerprint density at radius 2 is 1.84 bits per heavy atom. The van der Waals surface area contributed by atoms with E-state index in [-0.39, 0.29) is 22.5 Å². The highest BCUT2D eigenvalue weighted by Gasteiger charge is 2.33. The van der Waals surface area contributed by atoms with Gasteiger partial charge in [-0.15, -0.1) is 0 Å². The van der Waals surface area contributed by atoms with E-state index in [0.717, 1.165) is 6.07 Å². The van der Waals surface area contributed by atoms with E-state index in [9.17, 15) is 18.0 Å². The van der Waals surface area contributed by atoms with Crippen molar-refractivity contribution in [2.24, 2.45) is 0 Å². The van der Waals surface area contributed by atoms with Crippen LogP contribution >= 0.6 is 0 Å². The largest absolute Gasteiger partial charge is 0.417 e. The van der Waals surface area contributed by atoms with E-state index < -0.39 is 11.7 Å². The number of carbonyl (C=O) groups excluding carboxylic acids is 1. The SMILES string of the molecule is Nc1cc(C=O)c(-c2ccccc2C(F)(F)F)cn1. The van der Waals surface area contributed by atoms with Crippen LogP contribution in [0.5, 0.6) is 0 Å². The van der Waals surface area contributed by atoms with Crippen LogP contribution in [0.1, 0.15) is 15.9 Å². The molecule has 0 radical (unpaired) electrons. The third kappa shape index (κ3) is 2.57. The summed E-state index contributed by atoms with van der Waals surface area (Å²) in [5.74, 6) is 0.0790. The first kappa shape index (κ1) is 13.1. The number of nitrogens with two attached hydrogens (primary N) is 1. The molecule has 0 unspecified atom stereocenters. The molecule has 6 heteroatoms. The van der Waals surface area contributed by atoms with E-state index in [0.29, 0.717) is 6.29 Å². The lowest BCUT2D eigenvalue weighted by atomic mass is 9.97. The smallest absolute Gasteiger partial charge is 0.384 e. The minimum absolute atomic E-state index is 0.0733. The number of anilines is 1. The maximum Gasteiger partial charge on any atom is 0.417 e. The van der Waals surface area contributed by atoms with E-state index in [4.69, 9.17) is 5.73 Å². The zero-order valence-corrected chi connectivity index (χ0v) is 9.61. The fourth-order valence-corrected chi connectivity index (χ4v) is 1.78. The molecule has 0 aliphatic rings. The summed E-state index contributed by atoms with van der Waals surface area (Å²) >= 11 is 0. The molecule has 19 heavy (non-hydrogen) atoms. The molecule has 3 nitrogen and oxygen atoms in total. The Bertz CT molecular complexity index is 624. The molecule has 2 rings (SSSR count). The highest BCUT2D eigenvalue weighted by Crippen LogP contribution is 2.37. The van der Waals surface area contributed by atoms with Gasteiger partial charge in [-0.3, -0.25) is 4.79 Å². The van der Waals surface area contributed by atoms with E-state index in [1.807, 2.05) is 0 Å². The second kappa shape index (κ2) is 4.72. The maximum absolute atomic E-state index is 12.9. The van der Waals surface area contributed by atoms with Gasteiger partial charge in [-0.2, -0.15) is 13.2 Å². The summed E-state index contributed by atoms with van der Waals surface area (Å²) < 4.78 is 38.7.